The van der Waals surface area contributed by atoms with Crippen molar-refractivity contribution >= 4 is 11.0 Å². The number of imidazole rings is 1. The largest absolute Gasteiger partial charge is 0.330 e. The number of aromatic nitrogens is 3. The average Bonchev–Trinajstić information content (AvgIpc) is 2.57. The second-order valence-electron chi connectivity index (χ2n) is 7.24. The lowest BCUT2D eigenvalue weighted by atomic mass is 9.91. The van der Waals surface area contributed by atoms with Crippen LogP contribution in [0.5, 0.6) is 0 Å². The van der Waals surface area contributed by atoms with Crippen molar-refractivity contribution in [1.82, 2.24) is 14.5 Å². The number of hydrogen-bond donors (Lipinski definition) is 0. The molecule has 18 heavy (non-hydrogen) atoms. The van der Waals surface area contributed by atoms with E-state index in [-0.39, 0.29) is 10.8 Å². The Balaban J connectivity index is 2.50. The molecule has 0 saturated carbocycles. The van der Waals surface area contributed by atoms with Crippen LogP contribution < -0.4 is 0 Å². The number of fused-ring (bicyclic) bond motifs is 1. The predicted molar refractivity (Wildman–Crippen MR) is 75.7 cm³/mol. The molecular formula is C15H23N3. The Hall–Kier alpha value is -1.38. The first-order valence-electron chi connectivity index (χ1n) is 6.48. The number of pyridine rings is 1. The summed E-state index contributed by atoms with van der Waals surface area (Å²) in [6.45, 7) is 14.3. The van der Waals surface area contributed by atoms with Crippen LogP contribution in [-0.4, -0.2) is 14.5 Å². The summed E-state index contributed by atoms with van der Waals surface area (Å²) in [6, 6.07) is 2.17. The first kappa shape index (κ1) is 13.1. The van der Waals surface area contributed by atoms with Gasteiger partial charge in [0.2, 0.25) is 0 Å². The van der Waals surface area contributed by atoms with Gasteiger partial charge in [-0.15, -0.1) is 0 Å². The molecule has 0 N–H and O–H groups in total. The lowest BCUT2D eigenvalue weighted by Gasteiger charge is -2.20. The summed E-state index contributed by atoms with van der Waals surface area (Å²) in [6.07, 6.45) is 3.80. The highest BCUT2D eigenvalue weighted by Gasteiger charge is 2.18. The van der Waals surface area contributed by atoms with Gasteiger partial charge in [0.05, 0.1) is 18.0 Å². The molecule has 0 aliphatic rings. The molecule has 0 bridgehead atoms. The standard InChI is InChI=1S/C15H23N3/c1-14(2,3)9-18-10-17-11-8-16-13(7-12(11)18)15(4,5)6/h7-8,10H,9H2,1-6H3. The molecule has 0 saturated heterocycles. The van der Waals surface area contributed by atoms with Crippen molar-refractivity contribution in [2.75, 3.05) is 0 Å². The average molecular weight is 245 g/mol. The van der Waals surface area contributed by atoms with E-state index in [0.29, 0.717) is 0 Å². The summed E-state index contributed by atoms with van der Waals surface area (Å²) in [5.41, 5.74) is 3.60. The van der Waals surface area contributed by atoms with Crippen molar-refractivity contribution in [2.45, 2.75) is 53.5 Å². The molecule has 2 rings (SSSR count). The van der Waals surface area contributed by atoms with E-state index in [2.05, 4.69) is 62.1 Å². The van der Waals surface area contributed by atoms with Gasteiger partial charge in [0.25, 0.3) is 0 Å². The van der Waals surface area contributed by atoms with Gasteiger partial charge >= 0.3 is 0 Å². The molecule has 98 valence electrons. The summed E-state index contributed by atoms with van der Waals surface area (Å²) in [5, 5.41) is 0. The van der Waals surface area contributed by atoms with Crippen molar-refractivity contribution in [3.8, 4) is 0 Å². The van der Waals surface area contributed by atoms with Crippen LogP contribution in [-0.2, 0) is 12.0 Å². The molecule has 0 unspecified atom stereocenters. The van der Waals surface area contributed by atoms with Crippen molar-refractivity contribution in [3.05, 3.63) is 24.3 Å². The molecule has 0 atom stereocenters. The Morgan fingerprint density at radius 1 is 1.06 bits per heavy atom. The molecule has 2 aromatic rings. The Bertz CT molecular complexity index is 553. The maximum Gasteiger partial charge on any atom is 0.107 e. The summed E-state index contributed by atoms with van der Waals surface area (Å²) in [5.74, 6) is 0. The first-order valence-corrected chi connectivity index (χ1v) is 6.48. The van der Waals surface area contributed by atoms with E-state index in [1.54, 1.807) is 0 Å². The van der Waals surface area contributed by atoms with Gasteiger partial charge in [0.15, 0.2) is 0 Å². The molecule has 3 nitrogen and oxygen atoms in total. The summed E-state index contributed by atoms with van der Waals surface area (Å²) in [7, 11) is 0. The van der Waals surface area contributed by atoms with E-state index in [9.17, 15) is 0 Å². The smallest absolute Gasteiger partial charge is 0.107 e. The lowest BCUT2D eigenvalue weighted by molar-refractivity contribution is 0.348. The Labute approximate surface area is 109 Å². The molecule has 0 aliphatic carbocycles. The zero-order valence-electron chi connectivity index (χ0n) is 12.3. The highest BCUT2D eigenvalue weighted by molar-refractivity contribution is 5.74. The third kappa shape index (κ3) is 2.71. The monoisotopic (exact) mass is 245 g/mol. The molecule has 0 spiro atoms. The second-order valence-corrected chi connectivity index (χ2v) is 7.24. The van der Waals surface area contributed by atoms with Crippen LogP contribution in [0.2, 0.25) is 0 Å². The number of hydrogen-bond acceptors (Lipinski definition) is 2. The van der Waals surface area contributed by atoms with Crippen LogP contribution in [0.15, 0.2) is 18.6 Å². The molecule has 2 heterocycles. The van der Waals surface area contributed by atoms with E-state index in [0.717, 1.165) is 17.8 Å². The molecule has 0 fully saturated rings. The third-order valence-electron chi connectivity index (χ3n) is 2.92. The molecule has 0 radical (unpaired) electrons. The molecule has 0 aromatic carbocycles. The maximum absolute atomic E-state index is 4.51. The summed E-state index contributed by atoms with van der Waals surface area (Å²) < 4.78 is 2.23. The fraction of sp³-hybridized carbons (Fsp3) is 0.600. The molecular weight excluding hydrogens is 222 g/mol. The van der Waals surface area contributed by atoms with Gasteiger partial charge < -0.3 is 4.57 Å². The minimum Gasteiger partial charge on any atom is -0.330 e. The van der Waals surface area contributed by atoms with Gasteiger partial charge in [0, 0.05) is 17.7 Å². The highest BCUT2D eigenvalue weighted by atomic mass is 15.1. The zero-order valence-corrected chi connectivity index (χ0v) is 12.3. The SMILES string of the molecule is CC(C)(C)Cn1cnc2cnc(C(C)(C)C)cc21. The first-order chi connectivity index (χ1) is 8.17. The minimum absolute atomic E-state index is 0.0744. The van der Waals surface area contributed by atoms with Crippen molar-refractivity contribution in [3.63, 3.8) is 0 Å². The topological polar surface area (TPSA) is 30.7 Å². The van der Waals surface area contributed by atoms with Crippen molar-refractivity contribution in [1.29, 1.82) is 0 Å². The maximum atomic E-state index is 4.51. The number of rotatable bonds is 1. The molecule has 0 amide bonds. The summed E-state index contributed by atoms with van der Waals surface area (Å²) in [4.78, 5) is 8.94. The van der Waals surface area contributed by atoms with Crippen LogP contribution >= 0.6 is 0 Å². The quantitative estimate of drug-likeness (QED) is 0.765. The number of nitrogens with zero attached hydrogens (tertiary/aromatic N) is 3. The van der Waals surface area contributed by atoms with Crippen LogP contribution in [0.1, 0.15) is 47.2 Å². The lowest BCUT2D eigenvalue weighted by Crippen LogP contribution is -2.16. The Morgan fingerprint density at radius 3 is 2.28 bits per heavy atom. The van der Waals surface area contributed by atoms with E-state index < -0.39 is 0 Å². The minimum atomic E-state index is 0.0744. The van der Waals surface area contributed by atoms with Gasteiger partial charge in [-0.05, 0) is 11.5 Å². The van der Waals surface area contributed by atoms with E-state index in [1.165, 1.54) is 5.52 Å². The molecule has 2 aromatic heterocycles. The Kier molecular flexibility index (Phi) is 2.96. The van der Waals surface area contributed by atoms with Crippen LogP contribution in [0, 0.1) is 5.41 Å². The fourth-order valence-corrected chi connectivity index (χ4v) is 2.01. The Morgan fingerprint density at radius 2 is 1.72 bits per heavy atom. The van der Waals surface area contributed by atoms with E-state index in [1.807, 2.05) is 12.5 Å². The van der Waals surface area contributed by atoms with E-state index in [4.69, 9.17) is 0 Å². The second kappa shape index (κ2) is 4.08. The van der Waals surface area contributed by atoms with Gasteiger partial charge in [-0.1, -0.05) is 41.5 Å². The van der Waals surface area contributed by atoms with Crippen LogP contribution in [0.3, 0.4) is 0 Å². The normalized spacial score (nSPS) is 13.2. The molecule has 0 aliphatic heterocycles. The van der Waals surface area contributed by atoms with Crippen molar-refractivity contribution in [2.24, 2.45) is 5.41 Å². The zero-order chi connectivity index (χ0) is 13.6. The van der Waals surface area contributed by atoms with Gasteiger partial charge in [0.1, 0.15) is 5.52 Å². The fourth-order valence-electron chi connectivity index (χ4n) is 2.01. The van der Waals surface area contributed by atoms with Crippen LogP contribution in [0.4, 0.5) is 0 Å². The third-order valence-corrected chi connectivity index (χ3v) is 2.92. The van der Waals surface area contributed by atoms with Gasteiger partial charge in [-0.2, -0.15) is 0 Å². The van der Waals surface area contributed by atoms with Crippen LogP contribution in [0.25, 0.3) is 11.0 Å². The van der Waals surface area contributed by atoms with Gasteiger partial charge in [-0.3, -0.25) is 4.98 Å². The van der Waals surface area contributed by atoms with E-state index >= 15 is 0 Å². The predicted octanol–water partition coefficient (Wildman–Crippen LogP) is 3.77. The van der Waals surface area contributed by atoms with Crippen molar-refractivity contribution < 1.29 is 0 Å². The molecule has 3 heteroatoms. The summed E-state index contributed by atoms with van der Waals surface area (Å²) >= 11 is 0. The highest BCUT2D eigenvalue weighted by Crippen LogP contribution is 2.25. The van der Waals surface area contributed by atoms with Gasteiger partial charge in [-0.25, -0.2) is 4.98 Å².